The molecule has 23 heavy (non-hydrogen) atoms. The Morgan fingerprint density at radius 3 is 2.48 bits per heavy atom. The zero-order valence-corrected chi connectivity index (χ0v) is 13.1. The molecule has 1 aliphatic rings. The van der Waals surface area contributed by atoms with Crippen LogP contribution >= 0.6 is 11.8 Å². The molecule has 1 heterocycles. The number of fused-ring (bicyclic) bond motifs is 1. The Kier molecular flexibility index (Phi) is 4.43. The Morgan fingerprint density at radius 1 is 1.04 bits per heavy atom. The Bertz CT molecular complexity index is 688. The van der Waals surface area contributed by atoms with Crippen molar-refractivity contribution in [1.29, 1.82) is 0 Å². The van der Waals surface area contributed by atoms with Gasteiger partial charge in [-0.3, -0.25) is 0 Å². The summed E-state index contributed by atoms with van der Waals surface area (Å²) >= 11 is -0.264. The first-order chi connectivity index (χ1) is 10.9. The van der Waals surface area contributed by atoms with Gasteiger partial charge in [0.15, 0.2) is 0 Å². The van der Waals surface area contributed by atoms with E-state index in [0.717, 1.165) is 36.3 Å². The van der Waals surface area contributed by atoms with Crippen molar-refractivity contribution in [3.05, 3.63) is 48.0 Å². The Balaban J connectivity index is 2.03. The number of anilines is 2. The lowest BCUT2D eigenvalue weighted by molar-refractivity contribution is -0.0329. The molecule has 0 spiro atoms. The highest BCUT2D eigenvalue weighted by atomic mass is 32.2. The molecule has 0 saturated heterocycles. The van der Waals surface area contributed by atoms with E-state index in [4.69, 9.17) is 0 Å². The highest BCUT2D eigenvalue weighted by Gasteiger charge is 2.31. The lowest BCUT2D eigenvalue weighted by atomic mass is 10.1. The van der Waals surface area contributed by atoms with Crippen molar-refractivity contribution >= 4 is 23.1 Å². The second-order valence-electron chi connectivity index (χ2n) is 5.44. The zero-order valence-electron chi connectivity index (χ0n) is 12.3. The third-order valence-corrected chi connectivity index (χ3v) is 4.60. The third kappa shape index (κ3) is 3.75. The minimum absolute atomic E-state index is 0.133. The molecule has 0 fully saturated rings. The van der Waals surface area contributed by atoms with Gasteiger partial charge < -0.3 is 10.0 Å². The van der Waals surface area contributed by atoms with Crippen molar-refractivity contribution in [2.75, 3.05) is 11.4 Å². The maximum atomic E-state index is 12.6. The topological polar surface area (TPSA) is 23.5 Å². The predicted octanol–water partition coefficient (Wildman–Crippen LogP) is 5.48. The van der Waals surface area contributed by atoms with Gasteiger partial charge in [-0.05, 0) is 54.8 Å². The van der Waals surface area contributed by atoms with Crippen LogP contribution in [0.1, 0.15) is 18.4 Å². The number of phenolic OH excluding ortho intramolecular Hbond substituents is 1. The first-order valence-electron chi connectivity index (χ1n) is 7.38. The molecular formula is C17H16F3NOS. The molecule has 122 valence electrons. The lowest BCUT2D eigenvalue weighted by Crippen LogP contribution is -2.17. The van der Waals surface area contributed by atoms with Crippen molar-refractivity contribution < 1.29 is 18.3 Å². The SMILES string of the molecule is Oc1cc2c(cc1SC(F)(F)F)CCCCN2c1ccccc1. The number of alkyl halides is 3. The van der Waals surface area contributed by atoms with E-state index in [9.17, 15) is 18.3 Å². The fourth-order valence-corrected chi connectivity index (χ4v) is 3.45. The summed E-state index contributed by atoms with van der Waals surface area (Å²) in [6.07, 6.45) is 2.58. The highest BCUT2D eigenvalue weighted by molar-refractivity contribution is 8.00. The van der Waals surface area contributed by atoms with Gasteiger partial charge in [-0.15, -0.1) is 0 Å². The van der Waals surface area contributed by atoms with E-state index in [1.807, 2.05) is 30.3 Å². The fourth-order valence-electron chi connectivity index (χ4n) is 2.84. The van der Waals surface area contributed by atoms with E-state index in [-0.39, 0.29) is 22.4 Å². The first kappa shape index (κ1) is 16.1. The minimum Gasteiger partial charge on any atom is -0.507 e. The molecule has 0 aromatic heterocycles. The molecule has 2 aromatic carbocycles. The van der Waals surface area contributed by atoms with E-state index in [2.05, 4.69) is 4.90 Å². The van der Waals surface area contributed by atoms with Gasteiger partial charge in [0, 0.05) is 24.0 Å². The van der Waals surface area contributed by atoms with E-state index in [1.165, 1.54) is 12.1 Å². The lowest BCUT2D eigenvalue weighted by Gasteiger charge is -2.26. The maximum Gasteiger partial charge on any atom is 0.446 e. The predicted molar refractivity (Wildman–Crippen MR) is 86.4 cm³/mol. The summed E-state index contributed by atoms with van der Waals surface area (Å²) < 4.78 is 37.9. The molecule has 2 aromatic rings. The van der Waals surface area contributed by atoms with Crippen LogP contribution in [-0.2, 0) is 6.42 Å². The normalized spacial score (nSPS) is 15.2. The summed E-state index contributed by atoms with van der Waals surface area (Å²) in [5, 5.41) is 10.0. The fraction of sp³-hybridized carbons (Fsp3) is 0.294. The van der Waals surface area contributed by atoms with Crippen LogP contribution < -0.4 is 4.90 Å². The Labute approximate surface area is 136 Å². The number of aryl methyl sites for hydroxylation is 1. The average molecular weight is 339 g/mol. The van der Waals surface area contributed by atoms with E-state index in [1.54, 1.807) is 0 Å². The van der Waals surface area contributed by atoms with Crippen LogP contribution in [0, 0.1) is 0 Å². The summed E-state index contributed by atoms with van der Waals surface area (Å²) in [5.74, 6) is -0.325. The molecule has 1 aliphatic heterocycles. The highest BCUT2D eigenvalue weighted by Crippen LogP contribution is 2.45. The smallest absolute Gasteiger partial charge is 0.446 e. The molecular weight excluding hydrogens is 323 g/mol. The summed E-state index contributed by atoms with van der Waals surface area (Å²) in [4.78, 5) is 1.93. The number of benzene rings is 2. The number of hydrogen-bond donors (Lipinski definition) is 1. The first-order valence-corrected chi connectivity index (χ1v) is 8.20. The summed E-state index contributed by atoms with van der Waals surface area (Å²) in [5.41, 5.74) is -1.80. The quantitative estimate of drug-likeness (QED) is 0.733. The number of phenols is 1. The largest absolute Gasteiger partial charge is 0.507 e. The van der Waals surface area contributed by atoms with Gasteiger partial charge in [0.2, 0.25) is 0 Å². The maximum absolute atomic E-state index is 12.6. The molecule has 0 amide bonds. The number of rotatable bonds is 2. The summed E-state index contributed by atoms with van der Waals surface area (Å²) in [6, 6.07) is 12.6. The van der Waals surface area contributed by atoms with Crippen molar-refractivity contribution in [3.8, 4) is 5.75 Å². The summed E-state index contributed by atoms with van der Waals surface area (Å²) in [7, 11) is 0. The number of halogens is 3. The van der Waals surface area contributed by atoms with Crippen LogP contribution in [0.5, 0.6) is 5.75 Å². The number of aromatic hydroxyl groups is 1. The molecule has 3 rings (SSSR count). The molecule has 0 aliphatic carbocycles. The van der Waals surface area contributed by atoms with E-state index in [0.29, 0.717) is 6.42 Å². The van der Waals surface area contributed by atoms with Crippen LogP contribution in [0.4, 0.5) is 24.5 Å². The summed E-state index contributed by atoms with van der Waals surface area (Å²) in [6.45, 7) is 0.780. The van der Waals surface area contributed by atoms with Crippen molar-refractivity contribution in [2.24, 2.45) is 0 Å². The molecule has 0 radical (unpaired) electrons. The van der Waals surface area contributed by atoms with E-state index < -0.39 is 5.51 Å². The van der Waals surface area contributed by atoms with Gasteiger partial charge in [-0.2, -0.15) is 13.2 Å². The third-order valence-electron chi connectivity index (χ3n) is 3.82. The molecule has 2 nitrogen and oxygen atoms in total. The number of hydrogen-bond acceptors (Lipinski definition) is 3. The van der Waals surface area contributed by atoms with Gasteiger partial charge in [-0.25, -0.2) is 0 Å². The number of thioether (sulfide) groups is 1. The van der Waals surface area contributed by atoms with Crippen molar-refractivity contribution in [2.45, 2.75) is 29.7 Å². The number of nitrogens with zero attached hydrogens (tertiary/aromatic N) is 1. The molecule has 0 unspecified atom stereocenters. The van der Waals surface area contributed by atoms with E-state index >= 15 is 0 Å². The van der Waals surface area contributed by atoms with Crippen LogP contribution in [-0.4, -0.2) is 17.2 Å². The second-order valence-corrected chi connectivity index (χ2v) is 6.55. The van der Waals surface area contributed by atoms with Crippen LogP contribution in [0.25, 0.3) is 0 Å². The van der Waals surface area contributed by atoms with Gasteiger partial charge in [0.05, 0.1) is 4.90 Å². The molecule has 0 bridgehead atoms. The van der Waals surface area contributed by atoms with Crippen LogP contribution in [0.2, 0.25) is 0 Å². The molecule has 0 atom stereocenters. The average Bonchev–Trinajstić information content (AvgIpc) is 2.69. The zero-order chi connectivity index (χ0) is 16.4. The monoisotopic (exact) mass is 339 g/mol. The molecule has 6 heteroatoms. The Hall–Kier alpha value is -1.82. The van der Waals surface area contributed by atoms with Gasteiger partial charge in [0.1, 0.15) is 5.75 Å². The van der Waals surface area contributed by atoms with Gasteiger partial charge >= 0.3 is 5.51 Å². The van der Waals surface area contributed by atoms with Crippen molar-refractivity contribution in [3.63, 3.8) is 0 Å². The van der Waals surface area contributed by atoms with Crippen LogP contribution in [0.3, 0.4) is 0 Å². The minimum atomic E-state index is -4.41. The standard InChI is InChI=1S/C17H16F3NOS/c18-17(19,20)23-16-10-12-6-4-5-9-21(14(12)11-15(16)22)13-7-2-1-3-8-13/h1-3,7-8,10-11,22H,4-6,9H2. The molecule has 0 saturated carbocycles. The number of para-hydroxylation sites is 1. The second kappa shape index (κ2) is 6.35. The molecule has 1 N–H and O–H groups in total. The van der Waals surface area contributed by atoms with Gasteiger partial charge in [0.25, 0.3) is 0 Å². The Morgan fingerprint density at radius 2 is 1.78 bits per heavy atom. The van der Waals surface area contributed by atoms with Crippen molar-refractivity contribution in [1.82, 2.24) is 0 Å². The van der Waals surface area contributed by atoms with Gasteiger partial charge in [-0.1, -0.05) is 18.2 Å². The van der Waals surface area contributed by atoms with Crippen LogP contribution in [0.15, 0.2) is 47.4 Å².